The molecule has 0 unspecified atom stereocenters. The maximum Gasteiger partial charge on any atom is 0.342 e. The molecule has 0 saturated carbocycles. The van der Waals surface area contributed by atoms with Crippen LogP contribution in [0.4, 0.5) is 0 Å². The molecular formula is C14H29O5P. The third-order valence-corrected chi connectivity index (χ3v) is 5.60. The first-order chi connectivity index (χ1) is 9.31. The topological polar surface area (TPSA) is 94.8 Å². The number of aliphatic carboxylic acids is 1. The van der Waals surface area contributed by atoms with Crippen molar-refractivity contribution in [2.24, 2.45) is 0 Å². The molecule has 0 aliphatic heterocycles. The Bertz CT molecular complexity index is 312. The van der Waals surface area contributed by atoms with Gasteiger partial charge in [0.2, 0.25) is 0 Å². The molecule has 0 aliphatic carbocycles. The average Bonchev–Trinajstić information content (AvgIpc) is 2.35. The van der Waals surface area contributed by atoms with Crippen molar-refractivity contribution >= 4 is 13.6 Å². The Kier molecular flexibility index (Phi) is 9.36. The zero-order valence-electron chi connectivity index (χ0n) is 12.7. The lowest BCUT2D eigenvalue weighted by Crippen LogP contribution is -2.38. The van der Waals surface area contributed by atoms with Gasteiger partial charge in [0.1, 0.15) is 0 Å². The minimum absolute atomic E-state index is 0.0682. The molecule has 20 heavy (non-hydrogen) atoms. The lowest BCUT2D eigenvalue weighted by atomic mass is 9.93. The Morgan fingerprint density at radius 3 is 1.55 bits per heavy atom. The van der Waals surface area contributed by atoms with E-state index in [9.17, 15) is 24.3 Å². The Hall–Kier alpha value is -0.380. The average molecular weight is 308 g/mol. The summed E-state index contributed by atoms with van der Waals surface area (Å²) in [7, 11) is -4.66. The minimum Gasteiger partial charge on any atom is -0.480 e. The van der Waals surface area contributed by atoms with Crippen molar-refractivity contribution < 1.29 is 24.3 Å². The smallest absolute Gasteiger partial charge is 0.342 e. The summed E-state index contributed by atoms with van der Waals surface area (Å²) in [5.74, 6) is -1.35. The second kappa shape index (κ2) is 9.54. The van der Waals surface area contributed by atoms with Gasteiger partial charge in [0.05, 0.1) is 0 Å². The van der Waals surface area contributed by atoms with Crippen LogP contribution in [0.2, 0.25) is 0 Å². The molecule has 120 valence electrons. The highest BCUT2D eigenvalue weighted by molar-refractivity contribution is 7.54. The van der Waals surface area contributed by atoms with E-state index >= 15 is 0 Å². The third kappa shape index (κ3) is 5.94. The molecule has 0 fully saturated rings. The van der Waals surface area contributed by atoms with E-state index in [1.54, 1.807) is 0 Å². The van der Waals surface area contributed by atoms with E-state index in [1.807, 2.05) is 13.8 Å². The van der Waals surface area contributed by atoms with Gasteiger partial charge in [-0.1, -0.05) is 65.2 Å². The zero-order chi connectivity index (χ0) is 15.6. The molecule has 0 aromatic heterocycles. The Morgan fingerprint density at radius 2 is 1.30 bits per heavy atom. The first-order valence-electron chi connectivity index (χ1n) is 7.61. The molecule has 0 aromatic carbocycles. The maximum absolute atomic E-state index is 11.7. The van der Waals surface area contributed by atoms with Crippen LogP contribution in [-0.2, 0) is 9.36 Å². The monoisotopic (exact) mass is 308 g/mol. The molecule has 3 N–H and O–H groups in total. The van der Waals surface area contributed by atoms with Crippen LogP contribution >= 0.6 is 7.60 Å². The molecule has 0 aromatic rings. The van der Waals surface area contributed by atoms with Crippen LogP contribution in [0.5, 0.6) is 0 Å². The summed E-state index contributed by atoms with van der Waals surface area (Å²) in [5.41, 5.74) is 0. The number of hydrogen-bond acceptors (Lipinski definition) is 2. The van der Waals surface area contributed by atoms with Crippen molar-refractivity contribution in [1.29, 1.82) is 0 Å². The highest BCUT2D eigenvalue weighted by Gasteiger charge is 2.52. The van der Waals surface area contributed by atoms with E-state index in [0.29, 0.717) is 12.8 Å². The first-order valence-corrected chi connectivity index (χ1v) is 9.22. The third-order valence-electron chi connectivity index (χ3n) is 3.84. The number of unbranched alkanes of at least 4 members (excludes halogenated alkanes) is 6. The number of carbonyl (C=O) groups is 1. The van der Waals surface area contributed by atoms with Gasteiger partial charge in [0, 0.05) is 0 Å². The van der Waals surface area contributed by atoms with Crippen LogP contribution in [0.15, 0.2) is 0 Å². The number of rotatable bonds is 12. The van der Waals surface area contributed by atoms with Crippen molar-refractivity contribution in [1.82, 2.24) is 0 Å². The van der Waals surface area contributed by atoms with E-state index in [2.05, 4.69) is 0 Å². The summed E-state index contributed by atoms with van der Waals surface area (Å²) in [6.07, 6.45) is 6.83. The van der Waals surface area contributed by atoms with Gasteiger partial charge < -0.3 is 14.9 Å². The van der Waals surface area contributed by atoms with Crippen LogP contribution in [-0.4, -0.2) is 26.0 Å². The molecule has 0 saturated heterocycles. The summed E-state index contributed by atoms with van der Waals surface area (Å²) in [6.45, 7) is 4.08. The van der Waals surface area contributed by atoms with Gasteiger partial charge in [-0.25, -0.2) is 0 Å². The van der Waals surface area contributed by atoms with Gasteiger partial charge >= 0.3 is 13.6 Å². The number of carboxylic acids is 1. The second-order valence-electron chi connectivity index (χ2n) is 5.50. The maximum atomic E-state index is 11.7. The molecular weight excluding hydrogens is 279 g/mol. The zero-order valence-corrected chi connectivity index (χ0v) is 13.6. The van der Waals surface area contributed by atoms with Crippen molar-refractivity contribution in [2.45, 2.75) is 83.2 Å². The van der Waals surface area contributed by atoms with Crippen molar-refractivity contribution in [3.8, 4) is 0 Å². The highest BCUT2D eigenvalue weighted by Crippen LogP contribution is 2.56. The predicted molar refractivity (Wildman–Crippen MR) is 79.9 cm³/mol. The molecule has 0 amide bonds. The Labute approximate surface area is 121 Å². The van der Waals surface area contributed by atoms with E-state index in [-0.39, 0.29) is 12.8 Å². The van der Waals surface area contributed by atoms with Crippen molar-refractivity contribution in [3.63, 3.8) is 0 Å². The molecule has 0 aliphatic rings. The van der Waals surface area contributed by atoms with Gasteiger partial charge in [0.15, 0.2) is 5.16 Å². The van der Waals surface area contributed by atoms with Crippen LogP contribution in [0.3, 0.4) is 0 Å². The molecule has 0 radical (unpaired) electrons. The fourth-order valence-corrected chi connectivity index (χ4v) is 3.59. The highest BCUT2D eigenvalue weighted by atomic mass is 31.2. The van der Waals surface area contributed by atoms with Gasteiger partial charge in [0.25, 0.3) is 0 Å². The lowest BCUT2D eigenvalue weighted by molar-refractivity contribution is -0.141. The summed E-state index contributed by atoms with van der Waals surface area (Å²) in [5, 5.41) is 7.50. The molecule has 5 nitrogen and oxygen atoms in total. The molecule has 0 rings (SSSR count). The lowest BCUT2D eigenvalue weighted by Gasteiger charge is -2.30. The summed E-state index contributed by atoms with van der Waals surface area (Å²) >= 11 is 0. The van der Waals surface area contributed by atoms with Gasteiger partial charge in [-0.05, 0) is 12.8 Å². The summed E-state index contributed by atoms with van der Waals surface area (Å²) in [4.78, 5) is 30.6. The fraction of sp³-hybridized carbons (Fsp3) is 0.929. The summed E-state index contributed by atoms with van der Waals surface area (Å²) in [6, 6.07) is 0. The SMILES string of the molecule is CCCCCCC(CCCCCC)(C(=O)O)P(=O)(O)O. The second-order valence-corrected chi connectivity index (χ2v) is 7.45. The van der Waals surface area contributed by atoms with Gasteiger partial charge in [-0.3, -0.25) is 9.36 Å². The minimum atomic E-state index is -4.66. The first kappa shape index (κ1) is 19.6. The molecule has 0 heterocycles. The Morgan fingerprint density at radius 1 is 0.900 bits per heavy atom. The molecule has 0 bridgehead atoms. The molecule has 0 atom stereocenters. The van der Waals surface area contributed by atoms with Crippen LogP contribution < -0.4 is 0 Å². The van der Waals surface area contributed by atoms with Crippen molar-refractivity contribution in [3.05, 3.63) is 0 Å². The number of hydrogen-bond donors (Lipinski definition) is 3. The quantitative estimate of drug-likeness (QED) is 0.375. The number of carboxylic acid groups (broad SMARTS) is 1. The van der Waals surface area contributed by atoms with Gasteiger partial charge in [-0.15, -0.1) is 0 Å². The molecule has 6 heteroatoms. The van der Waals surface area contributed by atoms with E-state index in [1.165, 1.54) is 0 Å². The Balaban J connectivity index is 4.79. The predicted octanol–water partition coefficient (Wildman–Crippen LogP) is 3.93. The van der Waals surface area contributed by atoms with E-state index in [4.69, 9.17) is 0 Å². The summed E-state index contributed by atoms with van der Waals surface area (Å²) < 4.78 is 11.7. The van der Waals surface area contributed by atoms with Crippen LogP contribution in [0, 0.1) is 0 Å². The normalized spacial score (nSPS) is 12.6. The van der Waals surface area contributed by atoms with Crippen molar-refractivity contribution in [2.75, 3.05) is 0 Å². The molecule has 0 spiro atoms. The standard InChI is InChI=1S/C14H29O5P/c1-3-5-7-9-11-14(13(15)16,20(17,18)19)12-10-8-6-4-2/h3-12H2,1-2H3,(H,15,16)(H2,17,18,19). The van der Waals surface area contributed by atoms with Crippen LogP contribution in [0.1, 0.15) is 78.1 Å². The van der Waals surface area contributed by atoms with Gasteiger partial charge in [-0.2, -0.15) is 0 Å². The van der Waals surface area contributed by atoms with E-state index < -0.39 is 18.7 Å². The fourth-order valence-electron chi connectivity index (χ4n) is 2.44. The van der Waals surface area contributed by atoms with Crippen LogP contribution in [0.25, 0.3) is 0 Å². The largest absolute Gasteiger partial charge is 0.480 e. The van der Waals surface area contributed by atoms with E-state index in [0.717, 1.165) is 38.5 Å².